The van der Waals surface area contributed by atoms with E-state index >= 15 is 0 Å². The van der Waals surface area contributed by atoms with Crippen molar-refractivity contribution in [2.45, 2.75) is 24.3 Å². The van der Waals surface area contributed by atoms with E-state index in [9.17, 15) is 13.2 Å². The van der Waals surface area contributed by atoms with Gasteiger partial charge in [-0.3, -0.25) is 4.31 Å². The van der Waals surface area contributed by atoms with Crippen LogP contribution in [-0.4, -0.2) is 32.1 Å². The number of fused-ring (bicyclic) bond motifs is 1. The molecular weight excluding hydrogens is 316 g/mol. The van der Waals surface area contributed by atoms with Gasteiger partial charge in [0, 0.05) is 19.3 Å². The number of sulfonamides is 1. The first-order chi connectivity index (χ1) is 10.9. The van der Waals surface area contributed by atoms with Crippen LogP contribution in [0.5, 0.6) is 0 Å². The molecule has 0 bridgehead atoms. The summed E-state index contributed by atoms with van der Waals surface area (Å²) < 4.78 is 33.7. The summed E-state index contributed by atoms with van der Waals surface area (Å²) in [6.45, 7) is 1.88. The second kappa shape index (κ2) is 5.42. The number of carbonyl (C=O) groups excluding carboxylic acids is 1. The maximum atomic E-state index is 13.0. The minimum atomic E-state index is -3.74. The van der Waals surface area contributed by atoms with Gasteiger partial charge < -0.3 is 9.30 Å². The maximum absolute atomic E-state index is 13.0. The highest BCUT2D eigenvalue weighted by Gasteiger charge is 2.36. The molecule has 3 rings (SSSR count). The topological polar surface area (TPSA) is 68.6 Å². The average Bonchev–Trinajstić information content (AvgIpc) is 3.06. The molecule has 1 aliphatic rings. The Kier molecular flexibility index (Phi) is 3.68. The number of nitrogens with zero attached hydrogens (tertiary/aromatic N) is 2. The van der Waals surface area contributed by atoms with Gasteiger partial charge in [0.25, 0.3) is 10.0 Å². The summed E-state index contributed by atoms with van der Waals surface area (Å²) in [6.07, 6.45) is 2.11. The number of esters is 1. The fourth-order valence-electron chi connectivity index (χ4n) is 3.00. The van der Waals surface area contributed by atoms with Gasteiger partial charge in [-0.1, -0.05) is 18.2 Å². The van der Waals surface area contributed by atoms with Crippen molar-refractivity contribution in [2.24, 2.45) is 7.05 Å². The van der Waals surface area contributed by atoms with E-state index in [1.54, 1.807) is 13.1 Å². The van der Waals surface area contributed by atoms with Crippen molar-refractivity contribution in [1.29, 1.82) is 0 Å². The number of para-hydroxylation sites is 1. The molecule has 1 atom stereocenters. The first-order valence-electron chi connectivity index (χ1n) is 7.23. The number of benzene rings is 1. The monoisotopic (exact) mass is 334 g/mol. The lowest BCUT2D eigenvalue weighted by atomic mass is 10.1. The van der Waals surface area contributed by atoms with Crippen LogP contribution >= 0.6 is 0 Å². The van der Waals surface area contributed by atoms with Gasteiger partial charge >= 0.3 is 5.97 Å². The van der Waals surface area contributed by atoms with Gasteiger partial charge in [-0.15, -0.1) is 0 Å². The molecule has 2 heterocycles. The molecule has 1 aliphatic heterocycles. The Morgan fingerprint density at radius 3 is 2.70 bits per heavy atom. The molecule has 0 saturated heterocycles. The zero-order valence-corrected chi connectivity index (χ0v) is 14.0. The van der Waals surface area contributed by atoms with Gasteiger partial charge in [-0.25, -0.2) is 13.2 Å². The molecule has 0 N–H and O–H groups in total. The predicted octanol–water partition coefficient (Wildman–Crippen LogP) is 1.95. The molecule has 0 aliphatic carbocycles. The number of anilines is 1. The van der Waals surface area contributed by atoms with E-state index in [0.29, 0.717) is 12.1 Å². The highest BCUT2D eigenvalue weighted by atomic mass is 32.2. The van der Waals surface area contributed by atoms with E-state index in [1.165, 1.54) is 28.2 Å². The molecule has 0 saturated carbocycles. The van der Waals surface area contributed by atoms with Gasteiger partial charge in [0.1, 0.15) is 10.6 Å². The Morgan fingerprint density at radius 1 is 1.30 bits per heavy atom. The molecule has 122 valence electrons. The molecule has 0 spiro atoms. The number of aryl methyl sites for hydroxylation is 1. The van der Waals surface area contributed by atoms with Gasteiger partial charge in [0.2, 0.25) is 0 Å². The minimum Gasteiger partial charge on any atom is -0.464 e. The smallest absolute Gasteiger partial charge is 0.354 e. The number of aromatic nitrogens is 1. The van der Waals surface area contributed by atoms with Gasteiger partial charge in [0.05, 0.1) is 12.8 Å². The second-order valence-electron chi connectivity index (χ2n) is 5.65. The lowest BCUT2D eigenvalue weighted by molar-refractivity contribution is 0.0590. The lowest BCUT2D eigenvalue weighted by Crippen LogP contribution is -2.35. The van der Waals surface area contributed by atoms with Crippen LogP contribution in [0.3, 0.4) is 0 Å². The van der Waals surface area contributed by atoms with Crippen LogP contribution in [-0.2, 0) is 28.2 Å². The molecule has 1 aromatic heterocycles. The molecule has 0 fully saturated rings. The molecule has 0 unspecified atom stereocenters. The third kappa shape index (κ3) is 2.41. The molecule has 0 amide bonds. The minimum absolute atomic E-state index is 0.0870. The Morgan fingerprint density at radius 2 is 2.00 bits per heavy atom. The van der Waals surface area contributed by atoms with Crippen molar-refractivity contribution in [2.75, 3.05) is 11.4 Å². The largest absolute Gasteiger partial charge is 0.464 e. The third-order valence-electron chi connectivity index (χ3n) is 4.08. The average molecular weight is 334 g/mol. The summed E-state index contributed by atoms with van der Waals surface area (Å²) in [5, 5.41) is 0. The first-order valence-corrected chi connectivity index (χ1v) is 8.67. The summed E-state index contributed by atoms with van der Waals surface area (Å²) in [5.41, 5.74) is 1.90. The van der Waals surface area contributed by atoms with Crippen molar-refractivity contribution >= 4 is 21.7 Å². The second-order valence-corrected chi connectivity index (χ2v) is 7.46. The van der Waals surface area contributed by atoms with Gasteiger partial charge in [0.15, 0.2) is 0 Å². The normalized spacial score (nSPS) is 17.2. The van der Waals surface area contributed by atoms with Crippen LogP contribution in [0.1, 0.15) is 23.0 Å². The van der Waals surface area contributed by atoms with Crippen molar-refractivity contribution in [3.63, 3.8) is 0 Å². The Hall–Kier alpha value is -2.28. The van der Waals surface area contributed by atoms with Crippen molar-refractivity contribution in [1.82, 2.24) is 4.57 Å². The molecule has 0 radical (unpaired) electrons. The fraction of sp³-hybridized carbons (Fsp3) is 0.312. The van der Waals surface area contributed by atoms with Crippen LogP contribution in [0.15, 0.2) is 41.4 Å². The van der Waals surface area contributed by atoms with Crippen LogP contribution < -0.4 is 4.31 Å². The van der Waals surface area contributed by atoms with Crippen LogP contribution in [0.2, 0.25) is 0 Å². The predicted molar refractivity (Wildman–Crippen MR) is 86.0 cm³/mol. The van der Waals surface area contributed by atoms with Gasteiger partial charge in [-0.2, -0.15) is 0 Å². The molecule has 23 heavy (non-hydrogen) atoms. The summed E-state index contributed by atoms with van der Waals surface area (Å²) in [4.78, 5) is 11.8. The number of hydrogen-bond acceptors (Lipinski definition) is 4. The lowest BCUT2D eigenvalue weighted by Gasteiger charge is -2.23. The van der Waals surface area contributed by atoms with E-state index in [-0.39, 0.29) is 16.6 Å². The van der Waals surface area contributed by atoms with E-state index in [0.717, 1.165) is 5.56 Å². The SMILES string of the molecule is COC(=O)c1cc(S(=O)(=O)N2c3ccccc3C[C@@H]2C)cn1C. The summed E-state index contributed by atoms with van der Waals surface area (Å²) in [6, 6.07) is 8.66. The molecule has 1 aromatic carbocycles. The zero-order chi connectivity index (χ0) is 16.8. The number of carbonyl (C=O) groups is 1. The van der Waals surface area contributed by atoms with Crippen molar-refractivity contribution in [3.8, 4) is 0 Å². The van der Waals surface area contributed by atoms with E-state index in [2.05, 4.69) is 4.74 Å². The molecule has 2 aromatic rings. The van der Waals surface area contributed by atoms with Crippen LogP contribution in [0.4, 0.5) is 5.69 Å². The summed E-state index contributed by atoms with van der Waals surface area (Å²) in [5.74, 6) is -0.566. The standard InChI is InChI=1S/C16H18N2O4S/c1-11-8-12-6-4-5-7-14(12)18(11)23(20,21)13-9-15(16(19)22-3)17(2)10-13/h4-7,9-11H,8H2,1-3H3/t11-/m0/s1. The number of hydrogen-bond donors (Lipinski definition) is 0. The quantitative estimate of drug-likeness (QED) is 0.805. The summed E-state index contributed by atoms with van der Waals surface area (Å²) in [7, 11) is -0.856. The first kappa shape index (κ1) is 15.6. The van der Waals surface area contributed by atoms with Gasteiger partial charge in [-0.05, 0) is 31.0 Å². The Bertz CT molecular complexity index is 870. The van der Waals surface area contributed by atoms with E-state index in [4.69, 9.17) is 0 Å². The highest BCUT2D eigenvalue weighted by Crippen LogP contribution is 2.36. The van der Waals surface area contributed by atoms with Crippen LogP contribution in [0.25, 0.3) is 0 Å². The van der Waals surface area contributed by atoms with E-state index in [1.807, 2.05) is 25.1 Å². The van der Waals surface area contributed by atoms with Crippen molar-refractivity contribution in [3.05, 3.63) is 47.8 Å². The van der Waals surface area contributed by atoms with Crippen LogP contribution in [0, 0.1) is 0 Å². The number of methoxy groups -OCH3 is 1. The highest BCUT2D eigenvalue weighted by molar-refractivity contribution is 7.92. The number of rotatable bonds is 3. The Labute approximate surface area is 135 Å². The fourth-order valence-corrected chi connectivity index (χ4v) is 4.76. The molecule has 6 nitrogen and oxygen atoms in total. The van der Waals surface area contributed by atoms with Crippen molar-refractivity contribution < 1.29 is 17.9 Å². The summed E-state index contributed by atoms with van der Waals surface area (Å²) >= 11 is 0. The molecular formula is C16H18N2O4S. The third-order valence-corrected chi connectivity index (χ3v) is 5.97. The number of ether oxygens (including phenoxy) is 1. The Balaban J connectivity index is 2.08. The maximum Gasteiger partial charge on any atom is 0.354 e. The molecule has 7 heteroatoms. The zero-order valence-electron chi connectivity index (χ0n) is 13.2. The van der Waals surface area contributed by atoms with E-state index < -0.39 is 16.0 Å².